The van der Waals surface area contributed by atoms with E-state index in [9.17, 15) is 0 Å². The molecule has 23 heavy (non-hydrogen) atoms. The van der Waals surface area contributed by atoms with Crippen molar-refractivity contribution in [3.8, 4) is 0 Å². The van der Waals surface area contributed by atoms with E-state index in [0.717, 1.165) is 32.4 Å². The molecule has 2 aromatic rings. The van der Waals surface area contributed by atoms with Crippen molar-refractivity contribution in [1.29, 1.82) is 0 Å². The van der Waals surface area contributed by atoms with Crippen molar-refractivity contribution in [3.05, 3.63) is 71.3 Å². The van der Waals surface area contributed by atoms with Gasteiger partial charge in [-0.1, -0.05) is 54.6 Å². The van der Waals surface area contributed by atoms with Crippen molar-refractivity contribution < 1.29 is 4.74 Å². The number of nitrogens with one attached hydrogen (secondary N) is 1. The summed E-state index contributed by atoms with van der Waals surface area (Å²) in [5.74, 6) is 0. The number of hydrogen-bond acceptors (Lipinski definition) is 2. The van der Waals surface area contributed by atoms with Crippen molar-refractivity contribution >= 4 is 0 Å². The van der Waals surface area contributed by atoms with Gasteiger partial charge in [-0.25, -0.2) is 0 Å². The van der Waals surface area contributed by atoms with Crippen molar-refractivity contribution in [3.63, 3.8) is 0 Å². The van der Waals surface area contributed by atoms with Crippen LogP contribution in [0, 0.1) is 0 Å². The Morgan fingerprint density at radius 1 is 0.957 bits per heavy atom. The van der Waals surface area contributed by atoms with Gasteiger partial charge in [0.2, 0.25) is 0 Å². The predicted molar refractivity (Wildman–Crippen MR) is 93.3 cm³/mol. The molecule has 1 heterocycles. The fraction of sp³-hybridized carbons (Fsp3) is 0.429. The van der Waals surface area contributed by atoms with E-state index in [4.69, 9.17) is 4.74 Å². The highest BCUT2D eigenvalue weighted by Crippen LogP contribution is 2.44. The Morgan fingerprint density at radius 2 is 1.70 bits per heavy atom. The molecule has 0 atom stereocenters. The molecule has 1 fully saturated rings. The molecular formula is C21H25NO. The average molecular weight is 307 g/mol. The minimum absolute atomic E-state index is 0.0141. The summed E-state index contributed by atoms with van der Waals surface area (Å²) in [6.45, 7) is 1.84. The highest BCUT2D eigenvalue weighted by atomic mass is 16.5. The fourth-order valence-electron chi connectivity index (χ4n) is 4.18. The second-order valence-corrected chi connectivity index (χ2v) is 6.89. The fourth-order valence-corrected chi connectivity index (χ4v) is 4.18. The van der Waals surface area contributed by atoms with E-state index < -0.39 is 0 Å². The van der Waals surface area contributed by atoms with Gasteiger partial charge in [-0.05, 0) is 48.8 Å². The lowest BCUT2D eigenvalue weighted by Gasteiger charge is -2.44. The lowest BCUT2D eigenvalue weighted by Crippen LogP contribution is -2.43. The Kier molecular flexibility index (Phi) is 4.19. The first-order chi connectivity index (χ1) is 11.4. The van der Waals surface area contributed by atoms with Gasteiger partial charge in [0.15, 0.2) is 0 Å². The molecule has 0 radical (unpaired) electrons. The first kappa shape index (κ1) is 14.9. The molecule has 0 amide bonds. The highest BCUT2D eigenvalue weighted by Gasteiger charge is 2.40. The standard InChI is InChI=1S/C21H25NO/c1-2-6-17(7-3-1)16-22-19-10-13-21(14-11-19)20-9-5-4-8-18(20)12-15-23-21/h1-9,19,22H,10-16H2. The molecule has 4 rings (SSSR count). The summed E-state index contributed by atoms with van der Waals surface area (Å²) in [5, 5.41) is 3.73. The van der Waals surface area contributed by atoms with Gasteiger partial charge in [-0.3, -0.25) is 0 Å². The number of hydrogen-bond donors (Lipinski definition) is 1. The van der Waals surface area contributed by atoms with Gasteiger partial charge in [-0.15, -0.1) is 0 Å². The Morgan fingerprint density at radius 3 is 2.52 bits per heavy atom. The maximum Gasteiger partial charge on any atom is 0.0935 e. The summed E-state index contributed by atoms with van der Waals surface area (Å²) in [6.07, 6.45) is 5.73. The van der Waals surface area contributed by atoms with Gasteiger partial charge in [-0.2, -0.15) is 0 Å². The Hall–Kier alpha value is -1.64. The summed E-state index contributed by atoms with van der Waals surface area (Å²) in [5.41, 5.74) is 4.30. The largest absolute Gasteiger partial charge is 0.370 e. The molecule has 1 aliphatic heterocycles. The third-order valence-electron chi connectivity index (χ3n) is 5.49. The normalized spacial score (nSPS) is 26.9. The van der Waals surface area contributed by atoms with Crippen molar-refractivity contribution in [2.45, 2.75) is 50.3 Å². The van der Waals surface area contributed by atoms with Crippen LogP contribution in [-0.4, -0.2) is 12.6 Å². The Balaban J connectivity index is 1.40. The second-order valence-electron chi connectivity index (χ2n) is 6.89. The van der Waals surface area contributed by atoms with Gasteiger partial charge in [0.05, 0.1) is 12.2 Å². The van der Waals surface area contributed by atoms with E-state index in [1.54, 1.807) is 0 Å². The van der Waals surface area contributed by atoms with E-state index in [-0.39, 0.29) is 5.60 Å². The Bertz CT molecular complexity index is 644. The van der Waals surface area contributed by atoms with Crippen LogP contribution in [0.4, 0.5) is 0 Å². The molecule has 1 aliphatic carbocycles. The SMILES string of the molecule is c1ccc(CNC2CCC3(CC2)OCCc2ccccc23)cc1. The molecule has 1 saturated carbocycles. The molecule has 2 nitrogen and oxygen atoms in total. The lowest BCUT2D eigenvalue weighted by atomic mass is 9.74. The molecule has 2 aromatic carbocycles. The van der Waals surface area contributed by atoms with E-state index in [0.29, 0.717) is 6.04 Å². The van der Waals surface area contributed by atoms with Crippen LogP contribution in [0.3, 0.4) is 0 Å². The number of fused-ring (bicyclic) bond motifs is 2. The third kappa shape index (κ3) is 3.06. The van der Waals surface area contributed by atoms with Crippen LogP contribution in [0.2, 0.25) is 0 Å². The molecule has 120 valence electrons. The monoisotopic (exact) mass is 307 g/mol. The van der Waals surface area contributed by atoms with Crippen LogP contribution in [0.1, 0.15) is 42.4 Å². The minimum Gasteiger partial charge on any atom is -0.370 e. The van der Waals surface area contributed by atoms with Gasteiger partial charge in [0, 0.05) is 12.6 Å². The third-order valence-corrected chi connectivity index (χ3v) is 5.49. The second kappa shape index (κ2) is 6.46. The summed E-state index contributed by atoms with van der Waals surface area (Å²) < 4.78 is 6.32. The topological polar surface area (TPSA) is 21.3 Å². The van der Waals surface area contributed by atoms with Crippen LogP contribution in [-0.2, 0) is 23.3 Å². The maximum atomic E-state index is 6.32. The van der Waals surface area contributed by atoms with Crippen molar-refractivity contribution in [1.82, 2.24) is 5.32 Å². The highest BCUT2D eigenvalue weighted by molar-refractivity contribution is 5.35. The quantitative estimate of drug-likeness (QED) is 0.918. The average Bonchev–Trinajstić information content (AvgIpc) is 2.63. The van der Waals surface area contributed by atoms with E-state index in [2.05, 4.69) is 59.9 Å². The van der Waals surface area contributed by atoms with Crippen LogP contribution in [0.15, 0.2) is 54.6 Å². The van der Waals surface area contributed by atoms with E-state index >= 15 is 0 Å². The van der Waals surface area contributed by atoms with Gasteiger partial charge < -0.3 is 10.1 Å². The maximum absolute atomic E-state index is 6.32. The molecule has 0 saturated heterocycles. The van der Waals surface area contributed by atoms with Gasteiger partial charge >= 0.3 is 0 Å². The van der Waals surface area contributed by atoms with Crippen molar-refractivity contribution in [2.75, 3.05) is 6.61 Å². The summed E-state index contributed by atoms with van der Waals surface area (Å²) in [7, 11) is 0. The first-order valence-corrected chi connectivity index (χ1v) is 8.85. The zero-order valence-electron chi connectivity index (χ0n) is 13.6. The zero-order chi connectivity index (χ0) is 15.5. The summed E-state index contributed by atoms with van der Waals surface area (Å²) >= 11 is 0. The molecule has 0 aromatic heterocycles. The summed E-state index contributed by atoms with van der Waals surface area (Å²) in [4.78, 5) is 0. The summed E-state index contributed by atoms with van der Waals surface area (Å²) in [6, 6.07) is 20.2. The van der Waals surface area contributed by atoms with Crippen LogP contribution >= 0.6 is 0 Å². The molecular weight excluding hydrogens is 282 g/mol. The number of benzene rings is 2. The molecule has 2 aliphatic rings. The van der Waals surface area contributed by atoms with Crippen LogP contribution in [0.5, 0.6) is 0 Å². The number of ether oxygens (including phenoxy) is 1. The van der Waals surface area contributed by atoms with Crippen LogP contribution in [0.25, 0.3) is 0 Å². The van der Waals surface area contributed by atoms with Gasteiger partial charge in [0.25, 0.3) is 0 Å². The first-order valence-electron chi connectivity index (χ1n) is 8.85. The van der Waals surface area contributed by atoms with E-state index in [1.807, 2.05) is 0 Å². The predicted octanol–water partition coefficient (Wildman–Crippen LogP) is 4.19. The Labute approximate surface area is 138 Å². The smallest absolute Gasteiger partial charge is 0.0935 e. The molecule has 0 unspecified atom stereocenters. The lowest BCUT2D eigenvalue weighted by molar-refractivity contribution is -0.0889. The molecule has 1 spiro atoms. The van der Waals surface area contributed by atoms with Crippen molar-refractivity contribution in [2.24, 2.45) is 0 Å². The zero-order valence-corrected chi connectivity index (χ0v) is 13.6. The number of rotatable bonds is 3. The molecule has 0 bridgehead atoms. The van der Waals surface area contributed by atoms with Gasteiger partial charge in [0.1, 0.15) is 0 Å². The minimum atomic E-state index is -0.0141. The van der Waals surface area contributed by atoms with Crippen LogP contribution < -0.4 is 5.32 Å². The van der Waals surface area contributed by atoms with E-state index in [1.165, 1.54) is 29.5 Å². The molecule has 2 heteroatoms. The molecule has 1 N–H and O–H groups in total.